The summed E-state index contributed by atoms with van der Waals surface area (Å²) in [6.45, 7) is 4.51. The minimum absolute atomic E-state index is 0.714. The highest BCUT2D eigenvalue weighted by molar-refractivity contribution is 5.26. The summed E-state index contributed by atoms with van der Waals surface area (Å²) in [4.78, 5) is 0. The van der Waals surface area contributed by atoms with Crippen molar-refractivity contribution in [2.24, 2.45) is 5.92 Å². The molecule has 0 aromatic rings. The Hall–Kier alpha value is -0.520. The number of hydrogen-bond acceptors (Lipinski definition) is 0. The van der Waals surface area contributed by atoms with Gasteiger partial charge >= 0.3 is 0 Å². The Morgan fingerprint density at radius 3 is 2.80 bits per heavy atom. The van der Waals surface area contributed by atoms with Crippen molar-refractivity contribution in [3.05, 3.63) is 23.8 Å². The fourth-order valence-corrected chi connectivity index (χ4v) is 1.31. The van der Waals surface area contributed by atoms with Crippen molar-refractivity contribution in [1.29, 1.82) is 0 Å². The van der Waals surface area contributed by atoms with E-state index >= 15 is 0 Å². The molecule has 1 aliphatic carbocycles. The summed E-state index contributed by atoms with van der Waals surface area (Å²) >= 11 is 0. The van der Waals surface area contributed by atoms with E-state index in [1.807, 2.05) is 0 Å². The molecule has 56 valence electrons. The van der Waals surface area contributed by atoms with Gasteiger partial charge < -0.3 is 0 Å². The monoisotopic (exact) mass is 136 g/mol. The van der Waals surface area contributed by atoms with E-state index in [4.69, 9.17) is 0 Å². The van der Waals surface area contributed by atoms with Gasteiger partial charge in [-0.2, -0.15) is 0 Å². The van der Waals surface area contributed by atoms with Crippen molar-refractivity contribution >= 4 is 0 Å². The summed E-state index contributed by atoms with van der Waals surface area (Å²) in [7, 11) is 0. The van der Waals surface area contributed by atoms with E-state index in [9.17, 15) is 0 Å². The van der Waals surface area contributed by atoms with Crippen LogP contribution in [0.15, 0.2) is 23.8 Å². The third kappa shape index (κ3) is 1.73. The van der Waals surface area contributed by atoms with Crippen LogP contribution in [-0.2, 0) is 0 Å². The fraction of sp³-hybridized carbons (Fsp3) is 0.600. The van der Waals surface area contributed by atoms with E-state index in [0.29, 0.717) is 5.92 Å². The highest BCUT2D eigenvalue weighted by atomic mass is 14.1. The summed E-state index contributed by atoms with van der Waals surface area (Å²) in [5.74, 6) is 0.714. The van der Waals surface area contributed by atoms with Crippen LogP contribution in [0.4, 0.5) is 0 Å². The van der Waals surface area contributed by atoms with Crippen LogP contribution in [0, 0.1) is 5.92 Å². The molecule has 0 heterocycles. The molecule has 0 nitrogen and oxygen atoms in total. The number of rotatable bonds is 3. The molecule has 0 aliphatic heterocycles. The van der Waals surface area contributed by atoms with Gasteiger partial charge in [-0.15, -0.1) is 0 Å². The molecule has 0 spiro atoms. The second-order valence-electron chi connectivity index (χ2n) is 3.02. The molecule has 1 unspecified atom stereocenters. The Bertz CT molecular complexity index is 151. The Morgan fingerprint density at radius 1 is 1.50 bits per heavy atom. The van der Waals surface area contributed by atoms with E-state index in [2.05, 4.69) is 32.1 Å². The third-order valence-electron chi connectivity index (χ3n) is 2.11. The topological polar surface area (TPSA) is 0 Å². The van der Waals surface area contributed by atoms with Crippen molar-refractivity contribution in [2.75, 3.05) is 0 Å². The molecule has 0 saturated carbocycles. The molecule has 1 aliphatic rings. The SMILES string of the molecule is CCCCC1=CC=CC1C. The van der Waals surface area contributed by atoms with Gasteiger partial charge in [0.25, 0.3) is 0 Å². The second kappa shape index (κ2) is 3.60. The first kappa shape index (κ1) is 7.59. The van der Waals surface area contributed by atoms with Crippen LogP contribution in [0.2, 0.25) is 0 Å². The van der Waals surface area contributed by atoms with Gasteiger partial charge in [-0.05, 0) is 18.8 Å². The third-order valence-corrected chi connectivity index (χ3v) is 2.11. The van der Waals surface area contributed by atoms with E-state index in [1.54, 1.807) is 5.57 Å². The number of hydrogen-bond donors (Lipinski definition) is 0. The maximum atomic E-state index is 2.27. The van der Waals surface area contributed by atoms with Crippen LogP contribution in [0.1, 0.15) is 33.1 Å². The quantitative estimate of drug-likeness (QED) is 0.558. The van der Waals surface area contributed by atoms with Crippen LogP contribution in [0.25, 0.3) is 0 Å². The lowest BCUT2D eigenvalue weighted by atomic mass is 10.00. The Kier molecular flexibility index (Phi) is 2.73. The molecule has 0 saturated heterocycles. The van der Waals surface area contributed by atoms with E-state index in [0.717, 1.165) is 0 Å². The first-order valence-corrected chi connectivity index (χ1v) is 4.22. The fourth-order valence-electron chi connectivity index (χ4n) is 1.31. The summed E-state index contributed by atoms with van der Waals surface area (Å²) in [5.41, 5.74) is 1.61. The Labute approximate surface area is 63.6 Å². The second-order valence-corrected chi connectivity index (χ2v) is 3.02. The molecule has 0 fully saturated rings. The largest absolute Gasteiger partial charge is 0.0776 e. The van der Waals surface area contributed by atoms with Gasteiger partial charge in [0.2, 0.25) is 0 Å². The van der Waals surface area contributed by atoms with Crippen molar-refractivity contribution in [1.82, 2.24) is 0 Å². The van der Waals surface area contributed by atoms with Crippen molar-refractivity contribution in [3.63, 3.8) is 0 Å². The maximum absolute atomic E-state index is 2.27. The molecule has 0 N–H and O–H groups in total. The van der Waals surface area contributed by atoms with Gasteiger partial charge in [0.1, 0.15) is 0 Å². The predicted octanol–water partition coefficient (Wildman–Crippen LogP) is 3.31. The first-order chi connectivity index (χ1) is 4.84. The van der Waals surface area contributed by atoms with E-state index in [-0.39, 0.29) is 0 Å². The highest BCUT2D eigenvalue weighted by Crippen LogP contribution is 2.23. The molecule has 10 heavy (non-hydrogen) atoms. The van der Waals surface area contributed by atoms with E-state index < -0.39 is 0 Å². The summed E-state index contributed by atoms with van der Waals surface area (Å²) in [6, 6.07) is 0. The lowest BCUT2D eigenvalue weighted by molar-refractivity contribution is 0.722. The molecule has 0 amide bonds. The minimum atomic E-state index is 0.714. The van der Waals surface area contributed by atoms with E-state index in [1.165, 1.54) is 19.3 Å². The molecular formula is C10H16. The smallest absolute Gasteiger partial charge is 0.00454 e. The zero-order chi connectivity index (χ0) is 7.40. The van der Waals surface area contributed by atoms with Crippen molar-refractivity contribution in [2.45, 2.75) is 33.1 Å². The minimum Gasteiger partial charge on any atom is -0.0776 e. The zero-order valence-electron chi connectivity index (χ0n) is 6.93. The first-order valence-electron chi connectivity index (χ1n) is 4.22. The average molecular weight is 136 g/mol. The molecule has 0 radical (unpaired) electrons. The zero-order valence-corrected chi connectivity index (χ0v) is 6.93. The number of allylic oxidation sites excluding steroid dienone is 4. The van der Waals surface area contributed by atoms with Crippen LogP contribution < -0.4 is 0 Å². The van der Waals surface area contributed by atoms with Crippen LogP contribution >= 0.6 is 0 Å². The van der Waals surface area contributed by atoms with Crippen molar-refractivity contribution in [3.8, 4) is 0 Å². The predicted molar refractivity (Wildman–Crippen MR) is 45.9 cm³/mol. The van der Waals surface area contributed by atoms with Crippen LogP contribution in [0.5, 0.6) is 0 Å². The van der Waals surface area contributed by atoms with Gasteiger partial charge in [0.05, 0.1) is 0 Å². The standard InChI is InChI=1S/C10H16/c1-3-4-7-10-8-5-6-9(10)2/h5-6,8-9H,3-4,7H2,1-2H3. The molecular weight excluding hydrogens is 120 g/mol. The average Bonchev–Trinajstić information content (AvgIpc) is 2.31. The molecule has 1 rings (SSSR count). The van der Waals surface area contributed by atoms with Crippen LogP contribution in [0.3, 0.4) is 0 Å². The van der Waals surface area contributed by atoms with Crippen LogP contribution in [-0.4, -0.2) is 0 Å². The Morgan fingerprint density at radius 2 is 2.30 bits per heavy atom. The highest BCUT2D eigenvalue weighted by Gasteiger charge is 2.07. The Balaban J connectivity index is 2.30. The summed E-state index contributed by atoms with van der Waals surface area (Å²) in [6.07, 6.45) is 10.7. The molecule has 0 heteroatoms. The molecule has 0 aromatic heterocycles. The molecule has 1 atom stereocenters. The van der Waals surface area contributed by atoms with Gasteiger partial charge in [0.15, 0.2) is 0 Å². The lowest BCUT2D eigenvalue weighted by Crippen LogP contribution is -1.90. The van der Waals surface area contributed by atoms with Gasteiger partial charge in [-0.3, -0.25) is 0 Å². The normalized spacial score (nSPS) is 23.4. The number of unbranched alkanes of at least 4 members (excludes halogenated alkanes) is 1. The maximum Gasteiger partial charge on any atom is -0.00454 e. The van der Waals surface area contributed by atoms with Gasteiger partial charge in [0, 0.05) is 0 Å². The summed E-state index contributed by atoms with van der Waals surface area (Å²) < 4.78 is 0. The van der Waals surface area contributed by atoms with Gasteiger partial charge in [-0.1, -0.05) is 44.1 Å². The van der Waals surface area contributed by atoms with Gasteiger partial charge in [-0.25, -0.2) is 0 Å². The molecule has 0 bridgehead atoms. The van der Waals surface area contributed by atoms with Crippen molar-refractivity contribution < 1.29 is 0 Å². The molecule has 0 aromatic carbocycles. The lowest BCUT2D eigenvalue weighted by Gasteiger charge is -2.05. The summed E-state index contributed by atoms with van der Waals surface area (Å²) in [5, 5.41) is 0.